The molecule has 0 aliphatic heterocycles. The van der Waals surface area contributed by atoms with Gasteiger partial charge in [0.1, 0.15) is 20.2 Å². The first-order valence-corrected chi connectivity index (χ1v) is 8.46. The Morgan fingerprint density at radius 3 is 1.38 bits per heavy atom. The largest absolute Gasteiger partial charge is 0.744 e. The molecule has 0 atom stereocenters. The summed E-state index contributed by atoms with van der Waals surface area (Å²) in [6.07, 6.45) is 0. The Bertz CT molecular complexity index is 778. The first kappa shape index (κ1) is 17.3. The average Bonchev–Trinajstić information content (AvgIpc) is 2.39. The van der Waals surface area contributed by atoms with Crippen LogP contribution in [0.25, 0.3) is 0 Å². The van der Waals surface area contributed by atoms with E-state index < -0.39 is 20.2 Å². The van der Waals surface area contributed by atoms with Crippen LogP contribution in [-0.2, 0) is 20.2 Å². The van der Waals surface area contributed by atoms with Gasteiger partial charge in [-0.2, -0.15) is 0 Å². The lowest BCUT2D eigenvalue weighted by Crippen LogP contribution is -1.97. The Morgan fingerprint density at radius 1 is 0.667 bits per heavy atom. The molecule has 2 rings (SSSR count). The fourth-order valence-electron chi connectivity index (χ4n) is 1.29. The zero-order valence-corrected chi connectivity index (χ0v) is 12.6. The second-order valence-electron chi connectivity index (χ2n) is 4.03. The van der Waals surface area contributed by atoms with E-state index in [0.29, 0.717) is 0 Å². The molecule has 0 saturated heterocycles. The highest BCUT2D eigenvalue weighted by Crippen LogP contribution is 2.08. The molecule has 0 aliphatic rings. The number of hydrogen-bond donors (Lipinski definition) is 0. The van der Waals surface area contributed by atoms with E-state index >= 15 is 0 Å². The first-order chi connectivity index (χ1) is 9.60. The van der Waals surface area contributed by atoms with E-state index in [1.165, 1.54) is 36.4 Å². The zero-order valence-electron chi connectivity index (χ0n) is 11.0. The molecule has 0 N–H and O–H groups in total. The van der Waals surface area contributed by atoms with E-state index in [2.05, 4.69) is 0 Å². The van der Waals surface area contributed by atoms with Crippen molar-refractivity contribution >= 4 is 20.2 Å². The van der Waals surface area contributed by atoms with Crippen molar-refractivity contribution in [1.29, 1.82) is 0 Å². The van der Waals surface area contributed by atoms with Gasteiger partial charge in [0, 0.05) is 0 Å². The van der Waals surface area contributed by atoms with Crippen LogP contribution in [0.5, 0.6) is 0 Å². The maximum atomic E-state index is 10.4. The molecule has 0 spiro atoms. The summed E-state index contributed by atoms with van der Waals surface area (Å²) < 4.78 is 62.0. The van der Waals surface area contributed by atoms with Crippen molar-refractivity contribution in [2.75, 3.05) is 0 Å². The van der Waals surface area contributed by atoms with Crippen LogP contribution in [0.15, 0.2) is 64.4 Å². The standard InChI is InChI=1S/C7H8O3S.C6H6O3S/c1-6-2-4-7(5-3-6)11(8,9)10;7-10(8,9)6-4-2-1-3-5-6/h2-5H,1H3,(H,8,9,10);1-5H,(H,7,8,9)/p-2. The average molecular weight is 328 g/mol. The van der Waals surface area contributed by atoms with Crippen molar-refractivity contribution in [2.24, 2.45) is 0 Å². The second-order valence-corrected chi connectivity index (χ2v) is 6.79. The summed E-state index contributed by atoms with van der Waals surface area (Å²) in [7, 11) is -8.52. The minimum absolute atomic E-state index is 0.178. The summed E-state index contributed by atoms with van der Waals surface area (Å²) >= 11 is 0. The first-order valence-electron chi connectivity index (χ1n) is 5.64. The molecule has 0 saturated carbocycles. The Hall–Kier alpha value is -1.74. The van der Waals surface area contributed by atoms with Crippen molar-refractivity contribution in [3.8, 4) is 0 Å². The third kappa shape index (κ3) is 6.05. The summed E-state index contributed by atoms with van der Waals surface area (Å²) in [4.78, 5) is -0.363. The third-order valence-electron chi connectivity index (χ3n) is 2.34. The van der Waals surface area contributed by atoms with Crippen molar-refractivity contribution in [2.45, 2.75) is 16.7 Å². The van der Waals surface area contributed by atoms with Gasteiger partial charge in [-0.3, -0.25) is 0 Å². The van der Waals surface area contributed by atoms with Crippen molar-refractivity contribution in [1.82, 2.24) is 0 Å². The van der Waals surface area contributed by atoms with Crippen molar-refractivity contribution in [3.63, 3.8) is 0 Å². The molecule has 0 heterocycles. The van der Waals surface area contributed by atoms with Crippen LogP contribution in [0.4, 0.5) is 0 Å². The van der Waals surface area contributed by atoms with Gasteiger partial charge < -0.3 is 9.11 Å². The molecule has 0 fully saturated rings. The van der Waals surface area contributed by atoms with Gasteiger partial charge in [0.15, 0.2) is 0 Å². The van der Waals surface area contributed by atoms with Crippen LogP contribution >= 0.6 is 0 Å². The molecular formula is C13H12O6S2-2. The summed E-state index contributed by atoms with van der Waals surface area (Å²) in [5.41, 5.74) is 0.928. The van der Waals surface area contributed by atoms with Gasteiger partial charge >= 0.3 is 0 Å². The second kappa shape index (κ2) is 6.81. The number of hydrogen-bond acceptors (Lipinski definition) is 6. The molecule has 114 valence electrons. The molecule has 6 nitrogen and oxygen atoms in total. The normalized spacial score (nSPS) is 11.4. The quantitative estimate of drug-likeness (QED) is 0.771. The topological polar surface area (TPSA) is 114 Å². The van der Waals surface area contributed by atoms with Gasteiger partial charge in [0.05, 0.1) is 9.79 Å². The van der Waals surface area contributed by atoms with E-state index in [4.69, 9.17) is 0 Å². The molecule has 2 aromatic carbocycles. The number of rotatable bonds is 2. The van der Waals surface area contributed by atoms with Crippen LogP contribution in [0.2, 0.25) is 0 Å². The number of benzene rings is 2. The molecule has 0 amide bonds. The molecule has 21 heavy (non-hydrogen) atoms. The molecular weight excluding hydrogens is 316 g/mol. The minimum atomic E-state index is -4.27. The summed E-state index contributed by atoms with van der Waals surface area (Å²) in [6, 6.07) is 13.0. The summed E-state index contributed by atoms with van der Waals surface area (Å²) in [5, 5.41) is 0. The number of aryl methyl sites for hydroxylation is 1. The summed E-state index contributed by atoms with van der Waals surface area (Å²) in [6.45, 7) is 1.82. The molecule has 0 aromatic heterocycles. The van der Waals surface area contributed by atoms with Crippen LogP contribution in [0.3, 0.4) is 0 Å². The Kier molecular flexibility index (Phi) is 5.62. The predicted molar refractivity (Wildman–Crippen MR) is 73.5 cm³/mol. The van der Waals surface area contributed by atoms with E-state index in [-0.39, 0.29) is 9.79 Å². The SMILES string of the molecule is Cc1ccc(S(=O)(=O)[O-])cc1.O=S(=O)([O-])c1ccccc1. The van der Waals surface area contributed by atoms with Crippen LogP contribution in [-0.4, -0.2) is 25.9 Å². The fraction of sp³-hybridized carbons (Fsp3) is 0.0769. The lowest BCUT2D eigenvalue weighted by Gasteiger charge is -2.05. The van der Waals surface area contributed by atoms with Gasteiger partial charge in [-0.05, 0) is 31.2 Å². The maximum absolute atomic E-state index is 10.4. The Morgan fingerprint density at radius 2 is 1.05 bits per heavy atom. The highest BCUT2D eigenvalue weighted by atomic mass is 32.2. The van der Waals surface area contributed by atoms with Gasteiger partial charge in [0.25, 0.3) is 0 Å². The molecule has 0 unspecified atom stereocenters. The molecule has 0 aliphatic carbocycles. The van der Waals surface area contributed by atoms with Crippen molar-refractivity contribution in [3.05, 3.63) is 60.2 Å². The van der Waals surface area contributed by atoms with Gasteiger partial charge in [-0.25, -0.2) is 16.8 Å². The lowest BCUT2D eigenvalue weighted by atomic mass is 10.2. The van der Waals surface area contributed by atoms with E-state index in [1.54, 1.807) is 18.2 Å². The predicted octanol–water partition coefficient (Wildman–Crippen LogP) is 1.49. The van der Waals surface area contributed by atoms with E-state index in [1.807, 2.05) is 6.92 Å². The monoisotopic (exact) mass is 328 g/mol. The maximum Gasteiger partial charge on any atom is 0.124 e. The Labute approximate surface area is 123 Å². The highest BCUT2D eigenvalue weighted by Gasteiger charge is 1.98. The minimum Gasteiger partial charge on any atom is -0.744 e. The fourth-order valence-corrected chi connectivity index (χ4v) is 2.25. The van der Waals surface area contributed by atoms with Crippen LogP contribution < -0.4 is 0 Å². The molecule has 0 radical (unpaired) electrons. The Balaban J connectivity index is 0.000000211. The van der Waals surface area contributed by atoms with Crippen LogP contribution in [0, 0.1) is 6.92 Å². The van der Waals surface area contributed by atoms with E-state index in [0.717, 1.165) is 5.56 Å². The molecule has 2 aromatic rings. The van der Waals surface area contributed by atoms with Gasteiger partial charge in [-0.1, -0.05) is 35.9 Å². The van der Waals surface area contributed by atoms with E-state index in [9.17, 15) is 25.9 Å². The van der Waals surface area contributed by atoms with Gasteiger partial charge in [0.2, 0.25) is 0 Å². The smallest absolute Gasteiger partial charge is 0.124 e. The zero-order chi connectivity index (χ0) is 16.1. The molecule has 0 bridgehead atoms. The highest BCUT2D eigenvalue weighted by molar-refractivity contribution is 7.86. The summed E-state index contributed by atoms with van der Waals surface area (Å²) in [5.74, 6) is 0. The third-order valence-corrected chi connectivity index (χ3v) is 4.04. The van der Waals surface area contributed by atoms with Gasteiger partial charge in [-0.15, -0.1) is 0 Å². The lowest BCUT2D eigenvalue weighted by molar-refractivity contribution is 0.461. The van der Waals surface area contributed by atoms with Crippen LogP contribution in [0.1, 0.15) is 5.56 Å². The van der Waals surface area contributed by atoms with Crippen molar-refractivity contribution < 1.29 is 25.9 Å². The molecule has 8 heteroatoms.